The lowest BCUT2D eigenvalue weighted by molar-refractivity contribution is -0.131. The van der Waals surface area contributed by atoms with Crippen LogP contribution < -0.4 is 4.31 Å². The standard InChI is InChI=1S/C23H30N2O3S/c1-17-7-9-22(10-8-17)29(27,28)25(21-13-19(3)12-20(4)14-21)16-23(26)24-11-5-6-18(2)15-24/h7-10,12-14,18H,5-6,11,15-16H2,1-4H3. The molecule has 1 fully saturated rings. The van der Waals surface area contributed by atoms with Crippen LogP contribution in [0.25, 0.3) is 0 Å². The van der Waals surface area contributed by atoms with Gasteiger partial charge in [-0.15, -0.1) is 0 Å². The Bertz CT molecular complexity index is 963. The van der Waals surface area contributed by atoms with Crippen LogP contribution >= 0.6 is 0 Å². The fourth-order valence-corrected chi connectivity index (χ4v) is 5.28. The van der Waals surface area contributed by atoms with Crippen molar-refractivity contribution in [3.63, 3.8) is 0 Å². The Kier molecular flexibility index (Phi) is 6.32. The molecule has 5 nitrogen and oxygen atoms in total. The van der Waals surface area contributed by atoms with Gasteiger partial charge in [0, 0.05) is 13.1 Å². The summed E-state index contributed by atoms with van der Waals surface area (Å²) >= 11 is 0. The molecule has 156 valence electrons. The van der Waals surface area contributed by atoms with Crippen LogP contribution in [-0.4, -0.2) is 38.9 Å². The molecular weight excluding hydrogens is 384 g/mol. The fourth-order valence-electron chi connectivity index (χ4n) is 3.89. The number of benzene rings is 2. The largest absolute Gasteiger partial charge is 0.341 e. The van der Waals surface area contributed by atoms with Gasteiger partial charge in [-0.3, -0.25) is 9.10 Å². The molecule has 1 saturated heterocycles. The second-order valence-electron chi connectivity index (χ2n) is 8.26. The second kappa shape index (κ2) is 8.57. The van der Waals surface area contributed by atoms with Gasteiger partial charge in [0.1, 0.15) is 6.54 Å². The lowest BCUT2D eigenvalue weighted by Gasteiger charge is -2.33. The third-order valence-electron chi connectivity index (χ3n) is 5.39. The summed E-state index contributed by atoms with van der Waals surface area (Å²) in [6.45, 7) is 9.09. The van der Waals surface area contributed by atoms with E-state index in [1.807, 2.05) is 39.0 Å². The predicted molar refractivity (Wildman–Crippen MR) is 117 cm³/mol. The number of sulfonamides is 1. The van der Waals surface area contributed by atoms with E-state index in [1.165, 1.54) is 4.31 Å². The zero-order valence-electron chi connectivity index (χ0n) is 17.7. The molecule has 1 aliphatic rings. The number of hydrogen-bond acceptors (Lipinski definition) is 3. The van der Waals surface area contributed by atoms with Crippen molar-refractivity contribution in [2.75, 3.05) is 23.9 Å². The van der Waals surface area contributed by atoms with E-state index in [4.69, 9.17) is 0 Å². The highest BCUT2D eigenvalue weighted by atomic mass is 32.2. The Labute approximate surface area is 174 Å². The van der Waals surface area contributed by atoms with Crippen LogP contribution in [0, 0.1) is 26.7 Å². The van der Waals surface area contributed by atoms with Crippen molar-refractivity contribution in [2.24, 2.45) is 5.92 Å². The molecule has 2 aromatic carbocycles. The highest BCUT2D eigenvalue weighted by Crippen LogP contribution is 2.27. The summed E-state index contributed by atoms with van der Waals surface area (Å²) in [6, 6.07) is 12.4. The van der Waals surface area contributed by atoms with Gasteiger partial charge in [-0.1, -0.05) is 30.7 Å². The van der Waals surface area contributed by atoms with Crippen LogP contribution in [-0.2, 0) is 14.8 Å². The minimum Gasteiger partial charge on any atom is -0.341 e. The van der Waals surface area contributed by atoms with Crippen LogP contribution in [0.5, 0.6) is 0 Å². The van der Waals surface area contributed by atoms with Gasteiger partial charge in [-0.05, 0) is 74.9 Å². The molecule has 0 bridgehead atoms. The lowest BCUT2D eigenvalue weighted by Crippen LogP contribution is -2.46. The van der Waals surface area contributed by atoms with Crippen molar-refractivity contribution < 1.29 is 13.2 Å². The van der Waals surface area contributed by atoms with E-state index in [0.29, 0.717) is 24.7 Å². The molecule has 0 saturated carbocycles. The van der Waals surface area contributed by atoms with Gasteiger partial charge >= 0.3 is 0 Å². The van der Waals surface area contributed by atoms with Crippen molar-refractivity contribution in [2.45, 2.75) is 45.4 Å². The van der Waals surface area contributed by atoms with E-state index in [9.17, 15) is 13.2 Å². The molecule has 29 heavy (non-hydrogen) atoms. The molecule has 1 atom stereocenters. The van der Waals surface area contributed by atoms with Crippen molar-refractivity contribution in [3.05, 3.63) is 59.2 Å². The molecule has 1 aliphatic heterocycles. The number of aryl methyl sites for hydroxylation is 3. The van der Waals surface area contributed by atoms with E-state index >= 15 is 0 Å². The summed E-state index contributed by atoms with van der Waals surface area (Å²) in [4.78, 5) is 15.0. The highest BCUT2D eigenvalue weighted by molar-refractivity contribution is 7.92. The molecule has 0 aromatic heterocycles. The molecule has 0 spiro atoms. The summed E-state index contributed by atoms with van der Waals surface area (Å²) in [5.41, 5.74) is 3.44. The summed E-state index contributed by atoms with van der Waals surface area (Å²) in [5.74, 6) is 0.294. The van der Waals surface area contributed by atoms with Crippen molar-refractivity contribution in [3.8, 4) is 0 Å². The minimum atomic E-state index is -3.87. The Hall–Kier alpha value is -2.34. The van der Waals surface area contributed by atoms with Gasteiger partial charge in [0.2, 0.25) is 5.91 Å². The topological polar surface area (TPSA) is 57.7 Å². The third-order valence-corrected chi connectivity index (χ3v) is 7.18. The third kappa shape index (κ3) is 4.99. The maximum atomic E-state index is 13.5. The molecule has 0 aliphatic carbocycles. The summed E-state index contributed by atoms with van der Waals surface area (Å²) in [7, 11) is -3.87. The molecule has 0 N–H and O–H groups in total. The Balaban J connectivity index is 1.99. The number of nitrogens with zero attached hydrogens (tertiary/aromatic N) is 2. The first-order valence-corrected chi connectivity index (χ1v) is 11.6. The zero-order chi connectivity index (χ0) is 21.2. The maximum absolute atomic E-state index is 13.5. The molecule has 2 aromatic rings. The second-order valence-corrected chi connectivity index (χ2v) is 10.1. The van der Waals surface area contributed by atoms with Crippen LogP contribution in [0.2, 0.25) is 0 Å². The smallest absolute Gasteiger partial charge is 0.264 e. The van der Waals surface area contributed by atoms with Gasteiger partial charge < -0.3 is 4.90 Å². The van der Waals surface area contributed by atoms with Gasteiger partial charge in [0.05, 0.1) is 10.6 Å². The molecule has 1 amide bonds. The molecule has 3 rings (SSSR count). The number of likely N-dealkylation sites (tertiary alicyclic amines) is 1. The molecule has 1 unspecified atom stereocenters. The Morgan fingerprint density at radius 3 is 2.24 bits per heavy atom. The summed E-state index contributed by atoms with van der Waals surface area (Å²) < 4.78 is 28.3. The summed E-state index contributed by atoms with van der Waals surface area (Å²) in [6.07, 6.45) is 2.06. The van der Waals surface area contributed by atoms with Crippen LogP contribution in [0.1, 0.15) is 36.5 Å². The Morgan fingerprint density at radius 2 is 1.66 bits per heavy atom. The zero-order valence-corrected chi connectivity index (χ0v) is 18.5. The van der Waals surface area contributed by atoms with Gasteiger partial charge in [0.25, 0.3) is 10.0 Å². The average molecular weight is 415 g/mol. The first kappa shape index (κ1) is 21.4. The number of carbonyl (C=O) groups is 1. The SMILES string of the molecule is Cc1ccc(S(=O)(=O)N(CC(=O)N2CCCC(C)C2)c2cc(C)cc(C)c2)cc1. The number of amides is 1. The normalized spacial score (nSPS) is 17.2. The summed E-state index contributed by atoms with van der Waals surface area (Å²) in [5, 5.41) is 0. The quantitative estimate of drug-likeness (QED) is 0.741. The maximum Gasteiger partial charge on any atom is 0.264 e. The minimum absolute atomic E-state index is 0.147. The number of anilines is 1. The van der Waals surface area contributed by atoms with Crippen LogP contribution in [0.3, 0.4) is 0 Å². The number of carbonyl (C=O) groups excluding carboxylic acids is 1. The van der Waals surface area contributed by atoms with Crippen molar-refractivity contribution in [1.82, 2.24) is 4.90 Å². The number of piperidine rings is 1. The number of rotatable bonds is 5. The predicted octanol–water partition coefficient (Wildman–Crippen LogP) is 4.07. The van der Waals surface area contributed by atoms with Crippen LogP contribution in [0.15, 0.2) is 47.4 Å². The molecule has 6 heteroatoms. The van der Waals surface area contributed by atoms with Crippen molar-refractivity contribution >= 4 is 21.6 Å². The van der Waals surface area contributed by atoms with Gasteiger partial charge in [-0.2, -0.15) is 0 Å². The lowest BCUT2D eigenvalue weighted by atomic mass is 10.0. The molecular formula is C23H30N2O3S. The molecule has 1 heterocycles. The van der Waals surface area contributed by atoms with E-state index in [2.05, 4.69) is 6.92 Å². The Morgan fingerprint density at radius 1 is 1.03 bits per heavy atom. The van der Waals surface area contributed by atoms with Gasteiger partial charge in [0.15, 0.2) is 0 Å². The fraction of sp³-hybridized carbons (Fsp3) is 0.435. The monoisotopic (exact) mass is 414 g/mol. The first-order chi connectivity index (χ1) is 13.7. The molecule has 0 radical (unpaired) electrons. The van der Waals surface area contributed by atoms with E-state index in [-0.39, 0.29) is 17.3 Å². The van der Waals surface area contributed by atoms with E-state index in [1.54, 1.807) is 29.2 Å². The van der Waals surface area contributed by atoms with Gasteiger partial charge in [-0.25, -0.2) is 8.42 Å². The number of hydrogen-bond donors (Lipinski definition) is 0. The van der Waals surface area contributed by atoms with E-state index < -0.39 is 10.0 Å². The first-order valence-electron chi connectivity index (χ1n) is 10.1. The highest BCUT2D eigenvalue weighted by Gasteiger charge is 2.30. The van der Waals surface area contributed by atoms with E-state index in [0.717, 1.165) is 29.5 Å². The van der Waals surface area contributed by atoms with Crippen molar-refractivity contribution in [1.29, 1.82) is 0 Å². The van der Waals surface area contributed by atoms with Crippen LogP contribution in [0.4, 0.5) is 5.69 Å². The average Bonchev–Trinajstić information content (AvgIpc) is 2.65.